The van der Waals surface area contributed by atoms with Gasteiger partial charge in [0.25, 0.3) is 0 Å². The smallest absolute Gasteiger partial charge is 0.191 e. The van der Waals surface area contributed by atoms with Gasteiger partial charge in [-0.1, -0.05) is 0 Å². The largest absolute Gasteiger partial charge is 0.497 e. The molecule has 2 N–H and O–H groups in total. The fraction of sp³-hybridized carbons (Fsp3) is 0.571. The van der Waals surface area contributed by atoms with Crippen molar-refractivity contribution in [2.75, 3.05) is 33.9 Å². The van der Waals surface area contributed by atoms with Crippen molar-refractivity contribution >= 4 is 29.9 Å². The third-order valence-electron chi connectivity index (χ3n) is 4.76. The zero-order valence-corrected chi connectivity index (χ0v) is 20.8. The second kappa shape index (κ2) is 13.4. The second-order valence-corrected chi connectivity index (χ2v) is 7.08. The van der Waals surface area contributed by atoms with Gasteiger partial charge in [-0.05, 0) is 37.6 Å². The standard InChI is InChI=1S/C21H32N6O3.HI/c1-4-22-21(23-12-5-13-30-18-9-7-17(29-3)8-10-18)24-16-6-11-20-25-19(15-28-2)26-27(20)14-16;/h7-10,16H,4-6,11-15H2,1-3H3,(H2,22,23,24);1H. The number of aryl methyl sites for hydroxylation is 1. The Labute approximate surface area is 201 Å². The average Bonchev–Trinajstić information content (AvgIpc) is 3.16. The van der Waals surface area contributed by atoms with Crippen LogP contribution in [-0.4, -0.2) is 60.7 Å². The van der Waals surface area contributed by atoms with Crippen molar-refractivity contribution in [1.82, 2.24) is 25.4 Å². The number of methoxy groups -OCH3 is 2. The van der Waals surface area contributed by atoms with Crippen molar-refractivity contribution in [3.8, 4) is 11.5 Å². The normalized spacial score (nSPS) is 15.6. The Balaban J connectivity index is 0.00000341. The van der Waals surface area contributed by atoms with Crippen molar-refractivity contribution in [2.24, 2.45) is 4.99 Å². The van der Waals surface area contributed by atoms with Gasteiger partial charge < -0.3 is 24.8 Å². The molecule has 172 valence electrons. The molecule has 1 atom stereocenters. The molecular formula is C21H33IN6O3. The average molecular weight is 544 g/mol. The van der Waals surface area contributed by atoms with Crippen molar-refractivity contribution in [3.05, 3.63) is 35.9 Å². The molecule has 0 spiro atoms. The Morgan fingerprint density at radius 1 is 1.23 bits per heavy atom. The lowest BCUT2D eigenvalue weighted by Crippen LogP contribution is -2.47. The monoisotopic (exact) mass is 544 g/mol. The fourth-order valence-corrected chi connectivity index (χ4v) is 3.30. The molecule has 0 amide bonds. The number of nitrogens with one attached hydrogen (secondary N) is 2. The summed E-state index contributed by atoms with van der Waals surface area (Å²) >= 11 is 0. The van der Waals surface area contributed by atoms with Gasteiger partial charge in [-0.3, -0.25) is 4.99 Å². The first kappa shape index (κ1) is 25.2. The van der Waals surface area contributed by atoms with Crippen molar-refractivity contribution < 1.29 is 14.2 Å². The number of fused-ring (bicyclic) bond motifs is 1. The molecule has 0 radical (unpaired) electrons. The van der Waals surface area contributed by atoms with E-state index in [1.54, 1.807) is 14.2 Å². The van der Waals surface area contributed by atoms with E-state index >= 15 is 0 Å². The zero-order chi connectivity index (χ0) is 21.2. The number of aromatic nitrogens is 3. The molecule has 0 saturated carbocycles. The Hall–Kier alpha value is -2.08. The highest BCUT2D eigenvalue weighted by molar-refractivity contribution is 14.0. The number of ether oxygens (including phenoxy) is 3. The van der Waals surface area contributed by atoms with Crippen LogP contribution < -0.4 is 20.1 Å². The fourth-order valence-electron chi connectivity index (χ4n) is 3.30. The summed E-state index contributed by atoms with van der Waals surface area (Å²) in [5.41, 5.74) is 0. The number of benzene rings is 1. The highest BCUT2D eigenvalue weighted by Gasteiger charge is 2.22. The van der Waals surface area contributed by atoms with Crippen molar-refractivity contribution in [1.29, 1.82) is 0 Å². The Bertz CT molecular complexity index is 812. The van der Waals surface area contributed by atoms with Crippen molar-refractivity contribution in [2.45, 2.75) is 45.4 Å². The summed E-state index contributed by atoms with van der Waals surface area (Å²) in [6.45, 7) is 5.40. The molecule has 31 heavy (non-hydrogen) atoms. The van der Waals surface area contributed by atoms with E-state index in [2.05, 4.69) is 32.6 Å². The van der Waals surface area contributed by atoms with Gasteiger partial charge in [0.05, 0.1) is 20.3 Å². The number of rotatable bonds is 10. The minimum Gasteiger partial charge on any atom is -0.497 e. The molecule has 2 heterocycles. The summed E-state index contributed by atoms with van der Waals surface area (Å²) < 4.78 is 18.0. The van der Waals surface area contributed by atoms with Crippen LogP contribution in [0.5, 0.6) is 11.5 Å². The van der Waals surface area contributed by atoms with Gasteiger partial charge in [0, 0.05) is 39.1 Å². The van der Waals surface area contributed by atoms with Gasteiger partial charge >= 0.3 is 0 Å². The summed E-state index contributed by atoms with van der Waals surface area (Å²) in [6, 6.07) is 7.87. The zero-order valence-electron chi connectivity index (χ0n) is 18.5. The summed E-state index contributed by atoms with van der Waals surface area (Å²) in [5.74, 6) is 4.25. The molecule has 0 saturated heterocycles. The van der Waals surface area contributed by atoms with E-state index in [9.17, 15) is 0 Å². The van der Waals surface area contributed by atoms with Gasteiger partial charge in [0.15, 0.2) is 11.8 Å². The van der Waals surface area contributed by atoms with E-state index in [4.69, 9.17) is 14.2 Å². The Morgan fingerprint density at radius 2 is 2.00 bits per heavy atom. The summed E-state index contributed by atoms with van der Waals surface area (Å²) in [4.78, 5) is 9.21. The van der Waals surface area contributed by atoms with E-state index in [1.165, 1.54) is 0 Å². The molecule has 1 aromatic carbocycles. The summed E-state index contributed by atoms with van der Waals surface area (Å²) in [5, 5.41) is 11.4. The maximum Gasteiger partial charge on any atom is 0.191 e. The number of nitrogens with zero attached hydrogens (tertiary/aromatic N) is 4. The van der Waals surface area contributed by atoms with Gasteiger partial charge in [-0.2, -0.15) is 5.10 Å². The van der Waals surface area contributed by atoms with E-state index in [1.807, 2.05) is 28.9 Å². The van der Waals surface area contributed by atoms with Crippen LogP contribution in [0.25, 0.3) is 0 Å². The molecule has 1 aromatic heterocycles. The van der Waals surface area contributed by atoms with E-state index in [0.717, 1.165) is 61.5 Å². The molecule has 1 aliphatic heterocycles. The van der Waals surface area contributed by atoms with E-state index < -0.39 is 0 Å². The quantitative estimate of drug-likeness (QED) is 0.205. The number of guanidine groups is 1. The first-order chi connectivity index (χ1) is 14.7. The number of hydrogen-bond donors (Lipinski definition) is 2. The molecule has 10 heteroatoms. The Kier molecular flexibility index (Phi) is 10.9. The van der Waals surface area contributed by atoms with Crippen LogP contribution in [-0.2, 0) is 24.3 Å². The lowest BCUT2D eigenvalue weighted by atomic mass is 10.1. The lowest BCUT2D eigenvalue weighted by molar-refractivity contribution is 0.177. The maximum atomic E-state index is 5.76. The van der Waals surface area contributed by atoms with E-state index in [0.29, 0.717) is 19.8 Å². The first-order valence-electron chi connectivity index (χ1n) is 10.4. The van der Waals surface area contributed by atoms with Crippen LogP contribution in [0.4, 0.5) is 0 Å². The van der Waals surface area contributed by atoms with Crippen LogP contribution in [0.15, 0.2) is 29.3 Å². The number of halogens is 1. The molecule has 0 aliphatic carbocycles. The predicted molar refractivity (Wildman–Crippen MR) is 130 cm³/mol. The number of hydrogen-bond acceptors (Lipinski definition) is 6. The molecule has 9 nitrogen and oxygen atoms in total. The third-order valence-corrected chi connectivity index (χ3v) is 4.76. The van der Waals surface area contributed by atoms with Crippen LogP contribution in [0, 0.1) is 0 Å². The summed E-state index contributed by atoms with van der Waals surface area (Å²) in [6.07, 6.45) is 2.72. The van der Waals surface area contributed by atoms with Crippen LogP contribution in [0.2, 0.25) is 0 Å². The molecule has 0 bridgehead atoms. The maximum absolute atomic E-state index is 5.76. The minimum absolute atomic E-state index is 0. The van der Waals surface area contributed by atoms with Gasteiger partial charge in [0.2, 0.25) is 0 Å². The highest BCUT2D eigenvalue weighted by Crippen LogP contribution is 2.17. The Morgan fingerprint density at radius 3 is 2.71 bits per heavy atom. The van der Waals surface area contributed by atoms with Crippen LogP contribution in [0.1, 0.15) is 31.4 Å². The van der Waals surface area contributed by atoms with Gasteiger partial charge in [-0.15, -0.1) is 24.0 Å². The molecule has 1 aliphatic rings. The number of aliphatic imine (C=N–C) groups is 1. The molecule has 2 aromatic rings. The third kappa shape index (κ3) is 7.84. The minimum atomic E-state index is 0. The highest BCUT2D eigenvalue weighted by atomic mass is 127. The van der Waals surface area contributed by atoms with Gasteiger partial charge in [0.1, 0.15) is 23.9 Å². The molecule has 3 rings (SSSR count). The summed E-state index contributed by atoms with van der Waals surface area (Å²) in [7, 11) is 3.31. The van der Waals surface area contributed by atoms with Crippen LogP contribution in [0.3, 0.4) is 0 Å². The predicted octanol–water partition coefficient (Wildman–Crippen LogP) is 2.39. The first-order valence-corrected chi connectivity index (χ1v) is 10.4. The topological polar surface area (TPSA) is 94.8 Å². The van der Waals surface area contributed by atoms with Gasteiger partial charge in [-0.25, -0.2) is 9.67 Å². The molecule has 0 fully saturated rings. The van der Waals surface area contributed by atoms with E-state index in [-0.39, 0.29) is 30.0 Å². The van der Waals surface area contributed by atoms with Crippen molar-refractivity contribution in [3.63, 3.8) is 0 Å². The molecular weight excluding hydrogens is 511 g/mol. The van der Waals surface area contributed by atoms with Crippen LogP contribution >= 0.6 is 24.0 Å². The lowest BCUT2D eigenvalue weighted by Gasteiger charge is -2.25. The molecule has 1 unspecified atom stereocenters. The SMILES string of the molecule is CCNC(=NCCCOc1ccc(OC)cc1)NC1CCc2nc(COC)nn2C1.I. The second-order valence-electron chi connectivity index (χ2n) is 7.08.